The van der Waals surface area contributed by atoms with E-state index in [4.69, 9.17) is 0 Å². The molecule has 2 saturated heterocycles. The van der Waals surface area contributed by atoms with Crippen molar-refractivity contribution in [2.45, 2.75) is 51.5 Å². The summed E-state index contributed by atoms with van der Waals surface area (Å²) in [6.07, 6.45) is 9.45. The predicted molar refractivity (Wildman–Crippen MR) is 110 cm³/mol. The molecular weight excluding hydrogens is 334 g/mol. The van der Waals surface area contributed by atoms with E-state index in [9.17, 15) is 4.79 Å². The van der Waals surface area contributed by atoms with Gasteiger partial charge in [0.15, 0.2) is 0 Å². The minimum atomic E-state index is 0.135. The first kappa shape index (κ1) is 18.3. The molecule has 2 aromatic rings. The van der Waals surface area contributed by atoms with Gasteiger partial charge in [-0.05, 0) is 74.9 Å². The molecule has 2 aliphatic heterocycles. The van der Waals surface area contributed by atoms with E-state index in [1.165, 1.54) is 49.9 Å². The number of benzene rings is 1. The zero-order valence-corrected chi connectivity index (χ0v) is 16.4. The first-order valence-corrected chi connectivity index (χ1v) is 10.5. The van der Waals surface area contributed by atoms with Crippen molar-refractivity contribution in [2.75, 3.05) is 26.2 Å². The smallest absolute Gasteiger partial charge is 0.270 e. The van der Waals surface area contributed by atoms with Crippen LogP contribution in [0.1, 0.15) is 67.5 Å². The summed E-state index contributed by atoms with van der Waals surface area (Å²) >= 11 is 0. The number of aromatic nitrogens is 1. The Morgan fingerprint density at radius 2 is 1.52 bits per heavy atom. The molecule has 1 N–H and O–H groups in total. The van der Waals surface area contributed by atoms with Crippen LogP contribution in [-0.2, 0) is 0 Å². The number of amides is 1. The summed E-state index contributed by atoms with van der Waals surface area (Å²) in [5, 5.41) is 0. The lowest BCUT2D eigenvalue weighted by molar-refractivity contribution is 0.0719. The lowest BCUT2D eigenvalue weighted by Gasteiger charge is -2.32. The molecule has 0 radical (unpaired) electrons. The number of nitrogens with one attached hydrogen (secondary N) is 1. The Morgan fingerprint density at radius 3 is 2.19 bits per heavy atom. The van der Waals surface area contributed by atoms with E-state index in [0.29, 0.717) is 11.7 Å². The monoisotopic (exact) mass is 365 g/mol. The summed E-state index contributed by atoms with van der Waals surface area (Å²) in [7, 11) is 0. The van der Waals surface area contributed by atoms with E-state index in [-0.39, 0.29) is 5.91 Å². The van der Waals surface area contributed by atoms with Crippen LogP contribution in [0.2, 0.25) is 0 Å². The van der Waals surface area contributed by atoms with Gasteiger partial charge in [-0.25, -0.2) is 0 Å². The molecular formula is C23H31N3O. The van der Waals surface area contributed by atoms with Crippen LogP contribution in [0.5, 0.6) is 0 Å². The highest BCUT2D eigenvalue weighted by atomic mass is 16.2. The standard InChI is InChI=1S/C23H31N3O/c1-18(25-12-4-2-5-13-25)19-8-10-20(11-9-19)21-16-22(24-17-21)23(27)26-14-6-3-7-15-26/h8-11,16-18,24H,2-7,12-15H2,1H3/t18-/m1/s1. The Labute approximate surface area is 162 Å². The van der Waals surface area contributed by atoms with Gasteiger partial charge in [0.2, 0.25) is 0 Å². The van der Waals surface area contributed by atoms with Gasteiger partial charge in [0.05, 0.1) is 0 Å². The van der Waals surface area contributed by atoms with Gasteiger partial charge in [-0.2, -0.15) is 0 Å². The van der Waals surface area contributed by atoms with E-state index in [1.807, 2.05) is 17.2 Å². The molecule has 144 valence electrons. The quantitative estimate of drug-likeness (QED) is 0.841. The largest absolute Gasteiger partial charge is 0.357 e. The Kier molecular flexibility index (Phi) is 5.63. The third-order valence-electron chi connectivity index (χ3n) is 6.22. The molecule has 0 bridgehead atoms. The molecule has 0 spiro atoms. The van der Waals surface area contributed by atoms with Gasteiger partial charge in [0, 0.05) is 25.3 Å². The number of hydrogen-bond acceptors (Lipinski definition) is 2. The van der Waals surface area contributed by atoms with Gasteiger partial charge in [0.25, 0.3) is 5.91 Å². The zero-order chi connectivity index (χ0) is 18.6. The number of piperidine rings is 2. The first-order valence-electron chi connectivity index (χ1n) is 10.5. The van der Waals surface area contributed by atoms with Crippen molar-refractivity contribution in [3.8, 4) is 11.1 Å². The fraction of sp³-hybridized carbons (Fsp3) is 0.522. The summed E-state index contributed by atoms with van der Waals surface area (Å²) in [5.74, 6) is 0.135. The van der Waals surface area contributed by atoms with Crippen LogP contribution in [0, 0.1) is 0 Å². The normalized spacial score (nSPS) is 19.8. The summed E-state index contributed by atoms with van der Waals surface area (Å²) in [6, 6.07) is 11.3. The van der Waals surface area contributed by atoms with Crippen LogP contribution < -0.4 is 0 Å². The van der Waals surface area contributed by atoms with E-state index >= 15 is 0 Å². The summed E-state index contributed by atoms with van der Waals surface area (Å²) in [5.41, 5.74) is 4.34. The second-order valence-electron chi connectivity index (χ2n) is 8.05. The first-order chi connectivity index (χ1) is 13.2. The molecule has 4 nitrogen and oxygen atoms in total. The van der Waals surface area contributed by atoms with Crippen LogP contribution in [0.4, 0.5) is 0 Å². The van der Waals surface area contributed by atoms with E-state index in [0.717, 1.165) is 31.5 Å². The van der Waals surface area contributed by atoms with Crippen LogP contribution >= 0.6 is 0 Å². The molecule has 0 unspecified atom stereocenters. The highest BCUT2D eigenvalue weighted by molar-refractivity contribution is 5.94. The Balaban J connectivity index is 1.44. The summed E-state index contributed by atoms with van der Waals surface area (Å²) < 4.78 is 0. The number of hydrogen-bond donors (Lipinski definition) is 1. The number of carbonyl (C=O) groups excluding carboxylic acids is 1. The third kappa shape index (κ3) is 4.11. The van der Waals surface area contributed by atoms with Crippen molar-refractivity contribution < 1.29 is 4.79 Å². The molecule has 1 aromatic heterocycles. The average molecular weight is 366 g/mol. The highest BCUT2D eigenvalue weighted by Crippen LogP contribution is 2.27. The van der Waals surface area contributed by atoms with Crippen LogP contribution in [0.25, 0.3) is 11.1 Å². The fourth-order valence-corrected chi connectivity index (χ4v) is 4.42. The SMILES string of the molecule is C[C@H](c1ccc(-c2c[nH]c(C(=O)N3CCCCC3)c2)cc1)N1CCCCC1. The Hall–Kier alpha value is -2.07. The zero-order valence-electron chi connectivity index (χ0n) is 16.4. The number of likely N-dealkylation sites (tertiary alicyclic amines) is 2. The van der Waals surface area contributed by atoms with E-state index in [2.05, 4.69) is 41.1 Å². The summed E-state index contributed by atoms with van der Waals surface area (Å²) in [6.45, 7) is 6.50. The van der Waals surface area contributed by atoms with E-state index < -0.39 is 0 Å². The minimum absolute atomic E-state index is 0.135. The molecule has 1 aromatic carbocycles. The molecule has 2 aliphatic rings. The van der Waals surface area contributed by atoms with Gasteiger partial charge >= 0.3 is 0 Å². The van der Waals surface area contributed by atoms with Crippen molar-refractivity contribution in [3.05, 3.63) is 47.8 Å². The van der Waals surface area contributed by atoms with Gasteiger partial charge in [0.1, 0.15) is 5.69 Å². The predicted octanol–water partition coefficient (Wildman–Crippen LogP) is 4.85. The molecule has 0 saturated carbocycles. The Bertz CT molecular complexity index is 752. The summed E-state index contributed by atoms with van der Waals surface area (Å²) in [4.78, 5) is 20.4. The topological polar surface area (TPSA) is 39.3 Å². The van der Waals surface area contributed by atoms with Gasteiger partial charge in [-0.15, -0.1) is 0 Å². The second kappa shape index (κ2) is 8.30. The van der Waals surface area contributed by atoms with Crippen molar-refractivity contribution in [2.24, 2.45) is 0 Å². The van der Waals surface area contributed by atoms with Crippen molar-refractivity contribution in [1.29, 1.82) is 0 Å². The van der Waals surface area contributed by atoms with Crippen molar-refractivity contribution >= 4 is 5.91 Å². The van der Waals surface area contributed by atoms with E-state index in [1.54, 1.807) is 0 Å². The van der Waals surface area contributed by atoms with Gasteiger partial charge in [-0.3, -0.25) is 9.69 Å². The maximum atomic E-state index is 12.7. The Morgan fingerprint density at radius 1 is 0.889 bits per heavy atom. The number of aromatic amines is 1. The third-order valence-corrected chi connectivity index (χ3v) is 6.22. The number of nitrogens with zero attached hydrogens (tertiary/aromatic N) is 2. The number of carbonyl (C=O) groups is 1. The lowest BCUT2D eigenvalue weighted by atomic mass is 10.00. The van der Waals surface area contributed by atoms with Crippen LogP contribution in [-0.4, -0.2) is 46.9 Å². The average Bonchev–Trinajstić information content (AvgIpc) is 3.24. The molecule has 1 amide bonds. The lowest BCUT2D eigenvalue weighted by Crippen LogP contribution is -2.35. The molecule has 1 atom stereocenters. The fourth-order valence-electron chi connectivity index (χ4n) is 4.42. The highest BCUT2D eigenvalue weighted by Gasteiger charge is 2.20. The molecule has 0 aliphatic carbocycles. The number of H-pyrrole nitrogens is 1. The minimum Gasteiger partial charge on any atom is -0.357 e. The van der Waals surface area contributed by atoms with Crippen molar-refractivity contribution in [3.63, 3.8) is 0 Å². The maximum Gasteiger partial charge on any atom is 0.270 e. The number of rotatable bonds is 4. The second-order valence-corrected chi connectivity index (χ2v) is 8.05. The van der Waals surface area contributed by atoms with Crippen LogP contribution in [0.15, 0.2) is 36.5 Å². The van der Waals surface area contributed by atoms with Crippen molar-refractivity contribution in [1.82, 2.24) is 14.8 Å². The molecule has 2 fully saturated rings. The molecule has 4 heteroatoms. The van der Waals surface area contributed by atoms with Gasteiger partial charge in [-0.1, -0.05) is 30.7 Å². The van der Waals surface area contributed by atoms with Gasteiger partial charge < -0.3 is 9.88 Å². The van der Waals surface area contributed by atoms with Crippen LogP contribution in [0.3, 0.4) is 0 Å². The molecule has 3 heterocycles. The maximum absolute atomic E-state index is 12.7. The molecule has 27 heavy (non-hydrogen) atoms. The molecule has 4 rings (SSSR count).